The van der Waals surface area contributed by atoms with Gasteiger partial charge in [0.1, 0.15) is 0 Å². The zero-order valence-electron chi connectivity index (χ0n) is 10.7. The first-order valence-electron chi connectivity index (χ1n) is 5.45. The summed E-state index contributed by atoms with van der Waals surface area (Å²) in [6.07, 6.45) is -4.45. The second-order valence-electron chi connectivity index (χ2n) is 4.52. The highest BCUT2D eigenvalue weighted by molar-refractivity contribution is 9.10. The molecule has 19 heavy (non-hydrogen) atoms. The quantitative estimate of drug-likeness (QED) is 0.886. The first-order valence-corrected chi connectivity index (χ1v) is 6.24. The van der Waals surface area contributed by atoms with E-state index in [0.717, 1.165) is 12.1 Å². The number of alkyl halides is 3. The molecular weight excluding hydrogens is 325 g/mol. The molecule has 0 atom stereocenters. The fourth-order valence-corrected chi connectivity index (χ4v) is 1.54. The van der Waals surface area contributed by atoms with E-state index in [-0.39, 0.29) is 5.69 Å². The van der Waals surface area contributed by atoms with Crippen LogP contribution >= 0.6 is 15.9 Å². The molecule has 106 valence electrons. The third-order valence-corrected chi connectivity index (χ3v) is 3.43. The standard InChI is InChI=1S/C12H14BrF3N2O/c1-11(2,17-3)10(19)18-9-6-7(12(14,15)16)4-5-8(9)13/h4-6,17H,1-3H3,(H,18,19). The molecule has 1 rings (SSSR count). The molecule has 1 aromatic carbocycles. The summed E-state index contributed by atoms with van der Waals surface area (Å²) in [6, 6.07) is 3.10. The lowest BCUT2D eigenvalue weighted by Crippen LogP contribution is -2.47. The molecule has 0 aliphatic carbocycles. The van der Waals surface area contributed by atoms with E-state index >= 15 is 0 Å². The van der Waals surface area contributed by atoms with Gasteiger partial charge in [0.25, 0.3) is 0 Å². The molecule has 0 spiro atoms. The van der Waals surface area contributed by atoms with Gasteiger partial charge in [-0.1, -0.05) is 0 Å². The SMILES string of the molecule is CNC(C)(C)C(=O)Nc1cc(C(F)(F)F)ccc1Br. The van der Waals surface area contributed by atoms with Crippen LogP contribution in [0.1, 0.15) is 19.4 Å². The molecule has 0 aliphatic rings. The Kier molecular flexibility index (Phi) is 4.63. The van der Waals surface area contributed by atoms with E-state index in [1.807, 2.05) is 0 Å². The van der Waals surface area contributed by atoms with Crippen LogP contribution in [-0.2, 0) is 11.0 Å². The largest absolute Gasteiger partial charge is 0.416 e. The average Bonchev–Trinajstić information content (AvgIpc) is 2.30. The summed E-state index contributed by atoms with van der Waals surface area (Å²) < 4.78 is 38.2. The number of anilines is 1. The van der Waals surface area contributed by atoms with Gasteiger partial charge >= 0.3 is 6.18 Å². The van der Waals surface area contributed by atoms with E-state index in [1.54, 1.807) is 20.9 Å². The number of likely N-dealkylation sites (N-methyl/N-ethyl adjacent to an activating group) is 1. The number of halogens is 4. The van der Waals surface area contributed by atoms with Gasteiger partial charge in [-0.05, 0) is 55.0 Å². The van der Waals surface area contributed by atoms with Crippen LogP contribution in [0.5, 0.6) is 0 Å². The van der Waals surface area contributed by atoms with Gasteiger partial charge in [0, 0.05) is 4.47 Å². The number of benzene rings is 1. The topological polar surface area (TPSA) is 41.1 Å². The van der Waals surface area contributed by atoms with Crippen molar-refractivity contribution in [1.82, 2.24) is 5.32 Å². The van der Waals surface area contributed by atoms with Crippen molar-refractivity contribution < 1.29 is 18.0 Å². The maximum absolute atomic E-state index is 12.6. The molecule has 0 aromatic heterocycles. The predicted octanol–water partition coefficient (Wildman–Crippen LogP) is 3.40. The minimum atomic E-state index is -4.45. The Labute approximate surface area is 117 Å². The van der Waals surface area contributed by atoms with Gasteiger partial charge in [-0.2, -0.15) is 13.2 Å². The Morgan fingerprint density at radius 2 is 1.84 bits per heavy atom. The van der Waals surface area contributed by atoms with Crippen molar-refractivity contribution in [1.29, 1.82) is 0 Å². The zero-order chi connectivity index (χ0) is 14.8. The number of hydrogen-bond acceptors (Lipinski definition) is 2. The highest BCUT2D eigenvalue weighted by Crippen LogP contribution is 2.34. The third-order valence-electron chi connectivity index (χ3n) is 2.73. The summed E-state index contributed by atoms with van der Waals surface area (Å²) in [4.78, 5) is 11.9. The zero-order valence-corrected chi connectivity index (χ0v) is 12.2. The van der Waals surface area contributed by atoms with E-state index in [2.05, 4.69) is 26.6 Å². The fourth-order valence-electron chi connectivity index (χ4n) is 1.19. The lowest BCUT2D eigenvalue weighted by molar-refractivity contribution is -0.137. The number of amides is 1. The van der Waals surface area contributed by atoms with Crippen molar-refractivity contribution in [2.24, 2.45) is 0 Å². The summed E-state index contributed by atoms with van der Waals surface area (Å²) in [5.41, 5.74) is -1.61. The molecule has 0 radical (unpaired) electrons. The summed E-state index contributed by atoms with van der Waals surface area (Å²) in [5, 5.41) is 5.24. The Hall–Kier alpha value is -1.08. The van der Waals surface area contributed by atoms with Crippen LogP contribution in [0.15, 0.2) is 22.7 Å². The maximum atomic E-state index is 12.6. The fraction of sp³-hybridized carbons (Fsp3) is 0.417. The van der Waals surface area contributed by atoms with Gasteiger partial charge in [0.2, 0.25) is 5.91 Å². The number of rotatable bonds is 3. The minimum absolute atomic E-state index is 0.0863. The molecule has 1 amide bonds. The molecule has 0 saturated heterocycles. The van der Waals surface area contributed by atoms with Gasteiger partial charge in [-0.15, -0.1) is 0 Å². The van der Waals surface area contributed by atoms with Crippen LogP contribution in [0.4, 0.5) is 18.9 Å². The van der Waals surface area contributed by atoms with Crippen LogP contribution in [-0.4, -0.2) is 18.5 Å². The van der Waals surface area contributed by atoms with Crippen molar-refractivity contribution in [3.63, 3.8) is 0 Å². The van der Waals surface area contributed by atoms with Crippen molar-refractivity contribution in [3.05, 3.63) is 28.2 Å². The monoisotopic (exact) mass is 338 g/mol. The average molecular weight is 339 g/mol. The summed E-state index contributed by atoms with van der Waals surface area (Å²) in [7, 11) is 1.60. The maximum Gasteiger partial charge on any atom is 0.416 e. The molecule has 0 fully saturated rings. The Bertz CT molecular complexity index is 486. The summed E-state index contributed by atoms with van der Waals surface area (Å²) >= 11 is 3.11. The molecular formula is C12H14BrF3N2O. The third kappa shape index (κ3) is 3.94. The Morgan fingerprint density at radius 3 is 2.32 bits per heavy atom. The molecule has 0 unspecified atom stereocenters. The van der Waals surface area contributed by atoms with Gasteiger partial charge < -0.3 is 10.6 Å². The van der Waals surface area contributed by atoms with Crippen LogP contribution in [0.25, 0.3) is 0 Å². The van der Waals surface area contributed by atoms with Crippen molar-refractivity contribution in [2.75, 3.05) is 12.4 Å². The second kappa shape index (κ2) is 5.50. The summed E-state index contributed by atoms with van der Waals surface area (Å²) in [6.45, 7) is 3.26. The highest BCUT2D eigenvalue weighted by Gasteiger charge is 2.32. The first-order chi connectivity index (χ1) is 8.58. The van der Waals surface area contributed by atoms with E-state index in [9.17, 15) is 18.0 Å². The molecule has 1 aromatic rings. The van der Waals surface area contributed by atoms with Crippen molar-refractivity contribution >= 4 is 27.5 Å². The van der Waals surface area contributed by atoms with Crippen LogP contribution < -0.4 is 10.6 Å². The van der Waals surface area contributed by atoms with Crippen LogP contribution in [0.2, 0.25) is 0 Å². The van der Waals surface area contributed by atoms with Gasteiger partial charge in [-0.3, -0.25) is 4.79 Å². The lowest BCUT2D eigenvalue weighted by Gasteiger charge is -2.23. The molecule has 2 N–H and O–H groups in total. The smallest absolute Gasteiger partial charge is 0.323 e. The number of hydrogen-bond donors (Lipinski definition) is 2. The molecule has 0 bridgehead atoms. The first kappa shape index (κ1) is 16.0. The second-order valence-corrected chi connectivity index (χ2v) is 5.38. The normalized spacial score (nSPS) is 12.4. The predicted molar refractivity (Wildman–Crippen MR) is 70.9 cm³/mol. The molecule has 0 aliphatic heterocycles. The van der Waals surface area contributed by atoms with Gasteiger partial charge in [-0.25, -0.2) is 0 Å². The minimum Gasteiger partial charge on any atom is -0.323 e. The Morgan fingerprint density at radius 1 is 1.26 bits per heavy atom. The lowest BCUT2D eigenvalue weighted by atomic mass is 10.0. The van der Waals surface area contributed by atoms with E-state index in [4.69, 9.17) is 0 Å². The number of nitrogens with one attached hydrogen (secondary N) is 2. The highest BCUT2D eigenvalue weighted by atomic mass is 79.9. The summed E-state index contributed by atoms with van der Waals surface area (Å²) in [5.74, 6) is -0.421. The van der Waals surface area contributed by atoms with Gasteiger partial charge in [0.05, 0.1) is 16.8 Å². The molecule has 3 nitrogen and oxygen atoms in total. The molecule has 0 heterocycles. The van der Waals surface area contributed by atoms with Crippen molar-refractivity contribution in [3.8, 4) is 0 Å². The van der Waals surface area contributed by atoms with Crippen LogP contribution in [0.3, 0.4) is 0 Å². The van der Waals surface area contributed by atoms with Gasteiger partial charge in [0.15, 0.2) is 0 Å². The van der Waals surface area contributed by atoms with E-state index in [1.165, 1.54) is 6.07 Å². The molecule has 7 heteroatoms. The van der Waals surface area contributed by atoms with E-state index in [0.29, 0.717) is 4.47 Å². The number of carbonyl (C=O) groups is 1. The van der Waals surface area contributed by atoms with E-state index < -0.39 is 23.2 Å². The molecule has 0 saturated carbocycles. The van der Waals surface area contributed by atoms with Crippen molar-refractivity contribution in [2.45, 2.75) is 25.6 Å². The van der Waals surface area contributed by atoms with Crippen LogP contribution in [0, 0.1) is 0 Å². The Balaban J connectivity index is 3.05. The number of carbonyl (C=O) groups excluding carboxylic acids is 1.